The van der Waals surface area contributed by atoms with E-state index in [1.165, 1.54) is 12.8 Å². The molecule has 0 spiro atoms. The number of amides is 1. The summed E-state index contributed by atoms with van der Waals surface area (Å²) in [6, 6.07) is 5.99. The molecular weight excluding hydrogens is 370 g/mol. The van der Waals surface area contributed by atoms with E-state index >= 15 is 0 Å². The van der Waals surface area contributed by atoms with Crippen molar-refractivity contribution in [1.29, 1.82) is 5.26 Å². The van der Waals surface area contributed by atoms with Crippen molar-refractivity contribution < 1.29 is 9.53 Å². The molecule has 3 atom stereocenters. The molecule has 3 aliphatic rings. The fraction of sp³-hybridized carbons (Fsp3) is 0.556. The van der Waals surface area contributed by atoms with Crippen LogP contribution in [0.3, 0.4) is 0 Å². The van der Waals surface area contributed by atoms with Gasteiger partial charge in [0.25, 0.3) is 5.91 Å². The lowest BCUT2D eigenvalue weighted by molar-refractivity contribution is 0.0928. The van der Waals surface area contributed by atoms with Crippen LogP contribution in [0.1, 0.15) is 42.5 Å². The molecule has 2 heterocycles. The first-order chi connectivity index (χ1) is 11.7. The number of halogens is 1. The van der Waals surface area contributed by atoms with E-state index in [-0.39, 0.29) is 18.0 Å². The minimum atomic E-state index is -0.0887. The lowest BCUT2D eigenvalue weighted by Crippen LogP contribution is -2.43. The number of carbonyl (C=O) groups excluding carboxylic acids is 1. The molecule has 1 aromatic rings. The summed E-state index contributed by atoms with van der Waals surface area (Å²) in [6.07, 6.45) is 7.65. The Hall–Kier alpha value is -1.74. The molecule has 3 fully saturated rings. The summed E-state index contributed by atoms with van der Waals surface area (Å²) in [4.78, 5) is 14.5. The van der Waals surface area contributed by atoms with E-state index in [1.807, 2.05) is 11.0 Å². The molecule has 0 radical (unpaired) electrons. The van der Waals surface area contributed by atoms with Crippen molar-refractivity contribution in [2.24, 2.45) is 5.92 Å². The molecule has 1 aliphatic carbocycles. The van der Waals surface area contributed by atoms with Crippen LogP contribution in [0.5, 0.6) is 5.75 Å². The van der Waals surface area contributed by atoms with Gasteiger partial charge in [0, 0.05) is 11.6 Å². The van der Waals surface area contributed by atoms with Gasteiger partial charge in [-0.2, -0.15) is 5.26 Å². The Morgan fingerprint density at radius 1 is 1.38 bits per heavy atom. The van der Waals surface area contributed by atoms with Crippen molar-refractivity contribution in [1.82, 2.24) is 10.2 Å². The summed E-state index contributed by atoms with van der Waals surface area (Å²) in [5.41, 5.74) is 0.607. The predicted molar refractivity (Wildman–Crippen MR) is 92.5 cm³/mol. The summed E-state index contributed by atoms with van der Waals surface area (Å²) in [5.74, 6) is 1.30. The number of nitriles is 1. The molecular formula is C18H20BrN3O2. The molecule has 1 saturated carbocycles. The first-order valence-corrected chi connectivity index (χ1v) is 9.36. The van der Waals surface area contributed by atoms with E-state index in [0.29, 0.717) is 24.1 Å². The van der Waals surface area contributed by atoms with Gasteiger partial charge in [-0.05, 0) is 72.2 Å². The van der Waals surface area contributed by atoms with Gasteiger partial charge in [-0.1, -0.05) is 0 Å². The zero-order valence-electron chi connectivity index (χ0n) is 13.4. The van der Waals surface area contributed by atoms with Crippen molar-refractivity contribution in [2.45, 2.75) is 50.2 Å². The van der Waals surface area contributed by atoms with Gasteiger partial charge in [0.1, 0.15) is 5.75 Å². The van der Waals surface area contributed by atoms with Gasteiger partial charge in [0.05, 0.1) is 23.2 Å². The van der Waals surface area contributed by atoms with Crippen LogP contribution in [0, 0.1) is 17.4 Å². The van der Waals surface area contributed by atoms with Crippen molar-refractivity contribution >= 4 is 21.8 Å². The van der Waals surface area contributed by atoms with Gasteiger partial charge < -0.3 is 15.0 Å². The highest BCUT2D eigenvalue weighted by Gasteiger charge is 2.46. The number of nitrogens with zero attached hydrogens (tertiary/aromatic N) is 2. The molecule has 0 aromatic heterocycles. The number of carbonyl (C=O) groups is 1. The van der Waals surface area contributed by atoms with E-state index in [2.05, 4.69) is 27.4 Å². The standard InChI is InChI=1S/C18H20BrN3O2/c19-14-5-3-12(7-17(14)24-9-11-1-2-11)18(23)21-15-8-13-4-6-16(15)22(13)10-20/h3,5,7,11,13,15-16H,1-2,4,6,8-9H2,(H,21,23)/t13-,15+,16+/m0/s1. The van der Waals surface area contributed by atoms with Gasteiger partial charge >= 0.3 is 0 Å². The normalized spacial score (nSPS) is 27.8. The zero-order chi connectivity index (χ0) is 16.7. The molecule has 2 aliphatic heterocycles. The van der Waals surface area contributed by atoms with Gasteiger partial charge in [0.15, 0.2) is 6.19 Å². The third-order valence-electron chi connectivity index (χ3n) is 5.33. The van der Waals surface area contributed by atoms with E-state index < -0.39 is 0 Å². The summed E-state index contributed by atoms with van der Waals surface area (Å²) in [7, 11) is 0. The molecule has 0 unspecified atom stereocenters. The molecule has 1 N–H and O–H groups in total. The third kappa shape index (κ3) is 2.98. The molecule has 1 amide bonds. The molecule has 24 heavy (non-hydrogen) atoms. The summed E-state index contributed by atoms with van der Waals surface area (Å²) in [5, 5.41) is 12.3. The van der Waals surface area contributed by atoms with E-state index in [1.54, 1.807) is 12.1 Å². The smallest absolute Gasteiger partial charge is 0.251 e. The third-order valence-corrected chi connectivity index (χ3v) is 5.99. The maximum absolute atomic E-state index is 12.6. The van der Waals surface area contributed by atoms with Crippen molar-refractivity contribution in [3.63, 3.8) is 0 Å². The topological polar surface area (TPSA) is 65.4 Å². The average molecular weight is 390 g/mol. The van der Waals surface area contributed by atoms with Gasteiger partial charge in [-0.3, -0.25) is 4.79 Å². The van der Waals surface area contributed by atoms with Crippen LogP contribution < -0.4 is 10.1 Å². The molecule has 6 heteroatoms. The van der Waals surface area contributed by atoms with Crippen LogP contribution in [0.4, 0.5) is 0 Å². The number of fused-ring (bicyclic) bond motifs is 2. The maximum atomic E-state index is 12.6. The molecule has 5 nitrogen and oxygen atoms in total. The molecule has 2 bridgehead atoms. The zero-order valence-corrected chi connectivity index (χ0v) is 15.0. The minimum absolute atomic E-state index is 0.0652. The van der Waals surface area contributed by atoms with Crippen LogP contribution >= 0.6 is 15.9 Å². The highest BCUT2D eigenvalue weighted by molar-refractivity contribution is 9.10. The SMILES string of the molecule is N#CN1[C@H]2CC[C@@H]1[C@H](NC(=O)c1ccc(Br)c(OCC3CC3)c1)C2. The lowest BCUT2D eigenvalue weighted by atomic mass is 9.95. The Bertz CT molecular complexity index is 698. The van der Waals surface area contributed by atoms with Gasteiger partial charge in [-0.25, -0.2) is 0 Å². The predicted octanol–water partition coefficient (Wildman–Crippen LogP) is 3.05. The van der Waals surface area contributed by atoms with Crippen molar-refractivity contribution in [3.05, 3.63) is 28.2 Å². The Labute approximate surface area is 150 Å². The molecule has 4 rings (SSSR count). The molecule has 2 saturated heterocycles. The second-order valence-corrected chi connectivity index (χ2v) is 7.88. The van der Waals surface area contributed by atoms with E-state index in [4.69, 9.17) is 4.74 Å². The lowest BCUT2D eigenvalue weighted by Gasteiger charge is -2.22. The number of benzene rings is 1. The molecule has 1 aromatic carbocycles. The Morgan fingerprint density at radius 3 is 2.92 bits per heavy atom. The monoisotopic (exact) mass is 389 g/mol. The summed E-state index contributed by atoms with van der Waals surface area (Å²) in [6.45, 7) is 0.715. The van der Waals surface area contributed by atoms with Crippen LogP contribution in [-0.4, -0.2) is 35.5 Å². The highest BCUT2D eigenvalue weighted by atomic mass is 79.9. The fourth-order valence-corrected chi connectivity index (χ4v) is 4.16. The van der Waals surface area contributed by atoms with Crippen molar-refractivity contribution in [3.8, 4) is 11.9 Å². The van der Waals surface area contributed by atoms with Crippen LogP contribution in [0.2, 0.25) is 0 Å². The number of rotatable bonds is 5. The summed E-state index contributed by atoms with van der Waals surface area (Å²) < 4.78 is 6.70. The Morgan fingerprint density at radius 2 is 2.21 bits per heavy atom. The first-order valence-electron chi connectivity index (χ1n) is 8.57. The second kappa shape index (κ2) is 6.29. The average Bonchev–Trinajstić information content (AvgIpc) is 3.25. The quantitative estimate of drug-likeness (QED) is 0.785. The van der Waals surface area contributed by atoms with Crippen LogP contribution in [-0.2, 0) is 0 Å². The second-order valence-electron chi connectivity index (χ2n) is 7.02. The number of hydrogen-bond acceptors (Lipinski definition) is 4. The first kappa shape index (κ1) is 15.8. The largest absolute Gasteiger partial charge is 0.492 e. The number of nitrogens with one attached hydrogen (secondary N) is 1. The minimum Gasteiger partial charge on any atom is -0.492 e. The number of hydrogen-bond donors (Lipinski definition) is 1. The Balaban J connectivity index is 1.43. The highest BCUT2D eigenvalue weighted by Crippen LogP contribution is 2.37. The van der Waals surface area contributed by atoms with Crippen LogP contribution in [0.15, 0.2) is 22.7 Å². The summed E-state index contributed by atoms with van der Waals surface area (Å²) >= 11 is 3.48. The van der Waals surface area contributed by atoms with E-state index in [0.717, 1.165) is 29.5 Å². The Kier molecular flexibility index (Phi) is 4.13. The molecule has 126 valence electrons. The van der Waals surface area contributed by atoms with Crippen molar-refractivity contribution in [2.75, 3.05) is 6.61 Å². The fourth-order valence-electron chi connectivity index (χ4n) is 3.80. The number of ether oxygens (including phenoxy) is 1. The van der Waals surface area contributed by atoms with E-state index in [9.17, 15) is 10.1 Å². The maximum Gasteiger partial charge on any atom is 0.251 e. The van der Waals surface area contributed by atoms with Crippen LogP contribution in [0.25, 0.3) is 0 Å². The van der Waals surface area contributed by atoms with Gasteiger partial charge in [-0.15, -0.1) is 0 Å². The van der Waals surface area contributed by atoms with Gasteiger partial charge in [0.2, 0.25) is 0 Å².